The van der Waals surface area contributed by atoms with E-state index in [0.29, 0.717) is 6.04 Å². The maximum atomic E-state index is 4.44. The molecule has 19 heavy (non-hydrogen) atoms. The van der Waals surface area contributed by atoms with E-state index < -0.39 is 0 Å². The van der Waals surface area contributed by atoms with Gasteiger partial charge < -0.3 is 10.2 Å². The second-order valence-electron chi connectivity index (χ2n) is 5.41. The molecule has 5 heteroatoms. The Balaban J connectivity index is 2.14. The van der Waals surface area contributed by atoms with Crippen molar-refractivity contribution in [2.45, 2.75) is 45.6 Å². The zero-order chi connectivity index (χ0) is 13.8. The largest absolute Gasteiger partial charge is 0.369 e. The molecule has 0 unspecified atom stereocenters. The highest BCUT2D eigenvalue weighted by Gasteiger charge is 2.24. The van der Waals surface area contributed by atoms with Crippen molar-refractivity contribution in [2.75, 3.05) is 23.8 Å². The first-order chi connectivity index (χ1) is 9.13. The van der Waals surface area contributed by atoms with Crippen molar-refractivity contribution < 1.29 is 0 Å². The van der Waals surface area contributed by atoms with Gasteiger partial charge in [0, 0.05) is 19.6 Å². The molecule has 1 aliphatic carbocycles. The topological polar surface area (TPSA) is 41.1 Å². The molecule has 1 aromatic rings. The average Bonchev–Trinajstić information content (AvgIpc) is 2.41. The van der Waals surface area contributed by atoms with Gasteiger partial charge in [0.05, 0.1) is 0 Å². The Morgan fingerprint density at radius 1 is 1.32 bits per heavy atom. The van der Waals surface area contributed by atoms with Crippen LogP contribution in [0.1, 0.15) is 39.5 Å². The summed E-state index contributed by atoms with van der Waals surface area (Å²) in [6.07, 6.45) is 6.78. The smallest absolute Gasteiger partial charge is 0.148 e. The van der Waals surface area contributed by atoms with Gasteiger partial charge in [-0.3, -0.25) is 0 Å². The van der Waals surface area contributed by atoms with Crippen LogP contribution >= 0.6 is 15.9 Å². The molecular weight excluding hydrogens is 304 g/mol. The summed E-state index contributed by atoms with van der Waals surface area (Å²) < 4.78 is 0.970. The lowest BCUT2D eigenvalue weighted by molar-refractivity contribution is 0.340. The van der Waals surface area contributed by atoms with Crippen molar-refractivity contribution in [1.82, 2.24) is 9.97 Å². The number of halogens is 1. The molecule has 1 saturated carbocycles. The molecule has 2 rings (SSSR count). The molecule has 0 saturated heterocycles. The van der Waals surface area contributed by atoms with E-state index in [-0.39, 0.29) is 0 Å². The van der Waals surface area contributed by atoms with E-state index in [9.17, 15) is 0 Å². The van der Waals surface area contributed by atoms with E-state index in [1.807, 2.05) is 0 Å². The number of hydrogen-bond donors (Lipinski definition) is 1. The summed E-state index contributed by atoms with van der Waals surface area (Å²) >= 11 is 3.63. The number of aromatic nitrogens is 2. The summed E-state index contributed by atoms with van der Waals surface area (Å²) in [4.78, 5) is 11.0. The maximum absolute atomic E-state index is 4.44. The summed E-state index contributed by atoms with van der Waals surface area (Å²) in [5.74, 6) is 2.74. The summed E-state index contributed by atoms with van der Waals surface area (Å²) in [5, 5.41) is 3.26. The van der Waals surface area contributed by atoms with Crippen LogP contribution in [0.25, 0.3) is 0 Å². The van der Waals surface area contributed by atoms with Gasteiger partial charge in [0.2, 0.25) is 0 Å². The van der Waals surface area contributed by atoms with Crippen LogP contribution in [0, 0.1) is 5.92 Å². The van der Waals surface area contributed by atoms with Crippen LogP contribution in [0.3, 0.4) is 0 Å². The molecule has 0 atom stereocenters. The van der Waals surface area contributed by atoms with Crippen LogP contribution < -0.4 is 10.2 Å². The van der Waals surface area contributed by atoms with Crippen molar-refractivity contribution in [3.8, 4) is 0 Å². The Kier molecular flexibility index (Phi) is 5.02. The second-order valence-corrected chi connectivity index (χ2v) is 6.21. The van der Waals surface area contributed by atoms with Crippen LogP contribution in [-0.4, -0.2) is 29.6 Å². The van der Waals surface area contributed by atoms with E-state index >= 15 is 0 Å². The first kappa shape index (κ1) is 14.6. The van der Waals surface area contributed by atoms with Crippen molar-refractivity contribution in [1.29, 1.82) is 0 Å². The molecule has 0 radical (unpaired) electrons. The predicted octanol–water partition coefficient (Wildman–Crippen LogP) is 3.69. The third-order valence-corrected chi connectivity index (χ3v) is 4.71. The van der Waals surface area contributed by atoms with E-state index in [0.717, 1.165) is 28.6 Å². The molecule has 0 amide bonds. The van der Waals surface area contributed by atoms with Gasteiger partial charge in [0.15, 0.2) is 0 Å². The number of hydrogen-bond acceptors (Lipinski definition) is 4. The van der Waals surface area contributed by atoms with E-state index in [1.165, 1.54) is 25.7 Å². The highest BCUT2D eigenvalue weighted by molar-refractivity contribution is 9.10. The minimum Gasteiger partial charge on any atom is -0.369 e. The monoisotopic (exact) mass is 326 g/mol. The van der Waals surface area contributed by atoms with Crippen LogP contribution in [-0.2, 0) is 0 Å². The Morgan fingerprint density at radius 2 is 2.00 bits per heavy atom. The van der Waals surface area contributed by atoms with Gasteiger partial charge in [-0.25, -0.2) is 9.97 Å². The molecule has 4 nitrogen and oxygen atoms in total. The molecular formula is C14H23BrN4. The maximum Gasteiger partial charge on any atom is 0.148 e. The van der Waals surface area contributed by atoms with Gasteiger partial charge in [-0.15, -0.1) is 0 Å². The lowest BCUT2D eigenvalue weighted by atomic mass is 9.87. The van der Waals surface area contributed by atoms with Crippen LogP contribution in [0.2, 0.25) is 0 Å². The molecule has 1 N–H and O–H groups in total. The third kappa shape index (κ3) is 3.38. The molecule has 1 aromatic heterocycles. The summed E-state index contributed by atoms with van der Waals surface area (Å²) in [5.41, 5.74) is 0. The zero-order valence-corrected chi connectivity index (χ0v) is 13.6. The standard InChI is InChI=1S/C14H23BrN4/c1-4-16-13-12(15)14(18-9-17-13)19(3)11-7-5-10(2)6-8-11/h9-11H,4-8H2,1-3H3,(H,16,17,18). The number of rotatable bonds is 4. The Hall–Kier alpha value is -0.840. The highest BCUT2D eigenvalue weighted by Crippen LogP contribution is 2.34. The van der Waals surface area contributed by atoms with Crippen LogP contribution in [0.15, 0.2) is 10.8 Å². The van der Waals surface area contributed by atoms with Gasteiger partial charge in [0.25, 0.3) is 0 Å². The predicted molar refractivity (Wildman–Crippen MR) is 83.7 cm³/mol. The van der Waals surface area contributed by atoms with Gasteiger partial charge in [-0.1, -0.05) is 6.92 Å². The molecule has 1 aliphatic rings. The van der Waals surface area contributed by atoms with E-state index in [2.05, 4.69) is 57.0 Å². The number of nitrogens with one attached hydrogen (secondary N) is 1. The first-order valence-electron chi connectivity index (χ1n) is 7.10. The molecule has 106 valence electrons. The fraction of sp³-hybridized carbons (Fsp3) is 0.714. The summed E-state index contributed by atoms with van der Waals surface area (Å²) in [6, 6.07) is 0.594. The molecule has 1 heterocycles. The van der Waals surface area contributed by atoms with Gasteiger partial charge in [-0.2, -0.15) is 0 Å². The van der Waals surface area contributed by atoms with Gasteiger partial charge in [0.1, 0.15) is 22.4 Å². The third-order valence-electron chi connectivity index (χ3n) is 3.98. The van der Waals surface area contributed by atoms with Crippen molar-refractivity contribution in [2.24, 2.45) is 5.92 Å². The summed E-state index contributed by atoms with van der Waals surface area (Å²) in [6.45, 7) is 5.28. The second kappa shape index (κ2) is 6.55. The Bertz CT molecular complexity index is 416. The number of nitrogens with zero attached hydrogens (tertiary/aromatic N) is 3. The number of anilines is 2. The van der Waals surface area contributed by atoms with Crippen LogP contribution in [0.4, 0.5) is 11.6 Å². The van der Waals surface area contributed by atoms with E-state index in [1.54, 1.807) is 6.33 Å². The SMILES string of the molecule is CCNc1ncnc(N(C)C2CCC(C)CC2)c1Br. The first-order valence-corrected chi connectivity index (χ1v) is 7.90. The molecule has 0 spiro atoms. The minimum atomic E-state index is 0.594. The highest BCUT2D eigenvalue weighted by atomic mass is 79.9. The van der Waals surface area contributed by atoms with Crippen LogP contribution in [0.5, 0.6) is 0 Å². The lowest BCUT2D eigenvalue weighted by Crippen LogP contribution is -2.35. The zero-order valence-electron chi connectivity index (χ0n) is 12.0. The minimum absolute atomic E-state index is 0.594. The summed E-state index contributed by atoms with van der Waals surface area (Å²) in [7, 11) is 2.14. The molecule has 0 bridgehead atoms. The molecule has 1 fully saturated rings. The fourth-order valence-electron chi connectivity index (χ4n) is 2.70. The molecule has 0 aromatic carbocycles. The Labute approximate surface area is 124 Å². The van der Waals surface area contributed by atoms with Crippen molar-refractivity contribution in [3.05, 3.63) is 10.8 Å². The average molecular weight is 327 g/mol. The normalized spacial score (nSPS) is 23.2. The van der Waals surface area contributed by atoms with E-state index in [4.69, 9.17) is 0 Å². The lowest BCUT2D eigenvalue weighted by Gasteiger charge is -2.34. The fourth-order valence-corrected chi connectivity index (χ4v) is 3.32. The quantitative estimate of drug-likeness (QED) is 0.916. The van der Waals surface area contributed by atoms with Gasteiger partial charge in [-0.05, 0) is 54.5 Å². The molecule has 0 aliphatic heterocycles. The van der Waals surface area contributed by atoms with Crippen molar-refractivity contribution in [3.63, 3.8) is 0 Å². The Morgan fingerprint density at radius 3 is 2.63 bits per heavy atom. The van der Waals surface area contributed by atoms with Gasteiger partial charge >= 0.3 is 0 Å². The van der Waals surface area contributed by atoms with Crippen molar-refractivity contribution >= 4 is 27.6 Å².